The second kappa shape index (κ2) is 9.08. The molecule has 0 spiro atoms. The number of hydrazine groups is 1. The Morgan fingerprint density at radius 3 is 2.29 bits per heavy atom. The average Bonchev–Trinajstić information content (AvgIpc) is 2.60. The minimum absolute atomic E-state index is 0.0714. The third-order valence-corrected chi connectivity index (χ3v) is 3.91. The van der Waals surface area contributed by atoms with Crippen LogP contribution in [0.5, 0.6) is 5.75 Å². The number of rotatable bonds is 6. The van der Waals surface area contributed by atoms with Gasteiger partial charge in [0.15, 0.2) is 6.61 Å². The minimum Gasteiger partial charge on any atom is -0.484 e. The van der Waals surface area contributed by atoms with Crippen molar-refractivity contribution in [3.8, 4) is 5.75 Å². The lowest BCUT2D eigenvalue weighted by molar-refractivity contribution is -0.130. The third-order valence-electron chi connectivity index (χ3n) is 3.39. The molecular formula is C18H19BrN2O3. The van der Waals surface area contributed by atoms with Crippen molar-refractivity contribution in [1.82, 2.24) is 10.9 Å². The van der Waals surface area contributed by atoms with Gasteiger partial charge in [0.1, 0.15) is 5.75 Å². The van der Waals surface area contributed by atoms with Crippen LogP contribution in [0, 0.1) is 0 Å². The van der Waals surface area contributed by atoms with Gasteiger partial charge in [-0.05, 0) is 35.7 Å². The first kappa shape index (κ1) is 18.0. The van der Waals surface area contributed by atoms with E-state index in [2.05, 4.69) is 26.8 Å². The molecule has 0 aliphatic rings. The van der Waals surface area contributed by atoms with E-state index in [1.807, 2.05) is 49.4 Å². The van der Waals surface area contributed by atoms with Gasteiger partial charge in [-0.2, -0.15) is 0 Å². The number of benzene rings is 2. The molecule has 2 aromatic carbocycles. The van der Waals surface area contributed by atoms with Crippen molar-refractivity contribution in [1.29, 1.82) is 0 Å². The Morgan fingerprint density at radius 1 is 1.00 bits per heavy atom. The largest absolute Gasteiger partial charge is 0.484 e. The Kier molecular flexibility index (Phi) is 6.81. The molecule has 2 N–H and O–H groups in total. The van der Waals surface area contributed by atoms with E-state index in [4.69, 9.17) is 4.74 Å². The zero-order valence-corrected chi connectivity index (χ0v) is 14.9. The standard InChI is InChI=1S/C18H19BrN2O3/c1-13(14-5-3-2-4-6-14)11-17(22)20-21-18(23)12-24-16-9-7-15(19)8-10-16/h2-10,13H,11-12H2,1H3,(H,20,22)(H,21,23). The molecule has 2 rings (SSSR count). The maximum absolute atomic E-state index is 11.9. The van der Waals surface area contributed by atoms with Crippen LogP contribution in [0.4, 0.5) is 0 Å². The Balaban J connectivity index is 1.69. The van der Waals surface area contributed by atoms with Crippen LogP contribution in [0.3, 0.4) is 0 Å². The molecule has 5 nitrogen and oxygen atoms in total. The van der Waals surface area contributed by atoms with Crippen LogP contribution in [0.2, 0.25) is 0 Å². The van der Waals surface area contributed by atoms with Crippen LogP contribution >= 0.6 is 15.9 Å². The van der Waals surface area contributed by atoms with Crippen LogP contribution in [0.25, 0.3) is 0 Å². The summed E-state index contributed by atoms with van der Waals surface area (Å²) in [4.78, 5) is 23.6. The molecule has 0 saturated heterocycles. The molecule has 2 aromatic rings. The summed E-state index contributed by atoms with van der Waals surface area (Å²) in [6.07, 6.45) is 0.290. The Morgan fingerprint density at radius 2 is 1.62 bits per heavy atom. The predicted molar refractivity (Wildman–Crippen MR) is 95.4 cm³/mol. The fourth-order valence-electron chi connectivity index (χ4n) is 2.08. The summed E-state index contributed by atoms with van der Waals surface area (Å²) < 4.78 is 6.25. The van der Waals surface area contributed by atoms with Crippen LogP contribution in [0.1, 0.15) is 24.8 Å². The normalized spacial score (nSPS) is 11.4. The number of halogens is 1. The molecule has 2 amide bonds. The van der Waals surface area contributed by atoms with Crippen molar-refractivity contribution in [2.45, 2.75) is 19.3 Å². The lowest BCUT2D eigenvalue weighted by atomic mass is 9.98. The first-order valence-corrected chi connectivity index (χ1v) is 8.35. The SMILES string of the molecule is CC(CC(=O)NNC(=O)COc1ccc(Br)cc1)c1ccccc1. The smallest absolute Gasteiger partial charge is 0.276 e. The highest BCUT2D eigenvalue weighted by Gasteiger charge is 2.12. The highest BCUT2D eigenvalue weighted by Crippen LogP contribution is 2.18. The van der Waals surface area contributed by atoms with Gasteiger partial charge in [0.25, 0.3) is 5.91 Å². The van der Waals surface area contributed by atoms with Gasteiger partial charge in [-0.1, -0.05) is 53.2 Å². The van der Waals surface area contributed by atoms with E-state index in [-0.39, 0.29) is 24.9 Å². The number of hydrogen-bond donors (Lipinski definition) is 2. The topological polar surface area (TPSA) is 67.4 Å². The summed E-state index contributed by atoms with van der Waals surface area (Å²) in [7, 11) is 0. The quantitative estimate of drug-likeness (QED) is 0.744. The number of hydrogen-bond acceptors (Lipinski definition) is 3. The van der Waals surface area contributed by atoms with E-state index in [1.165, 1.54) is 0 Å². The van der Waals surface area contributed by atoms with Crippen LogP contribution < -0.4 is 15.6 Å². The summed E-state index contributed by atoms with van der Waals surface area (Å²) in [5, 5.41) is 0. The van der Waals surface area contributed by atoms with Crippen LogP contribution in [-0.4, -0.2) is 18.4 Å². The molecule has 0 aliphatic carbocycles. The number of carbonyl (C=O) groups excluding carboxylic acids is 2. The number of nitrogens with one attached hydrogen (secondary N) is 2. The van der Waals surface area contributed by atoms with Crippen molar-refractivity contribution < 1.29 is 14.3 Å². The minimum atomic E-state index is -0.418. The Hall–Kier alpha value is -2.34. The first-order valence-electron chi connectivity index (χ1n) is 7.55. The molecular weight excluding hydrogens is 372 g/mol. The summed E-state index contributed by atoms with van der Waals surface area (Å²) in [5.41, 5.74) is 5.83. The molecule has 0 radical (unpaired) electrons. The summed E-state index contributed by atoms with van der Waals surface area (Å²) in [5.74, 6) is -0.0125. The van der Waals surface area contributed by atoms with Crippen molar-refractivity contribution in [3.63, 3.8) is 0 Å². The van der Waals surface area contributed by atoms with Gasteiger partial charge in [0, 0.05) is 10.9 Å². The van der Waals surface area contributed by atoms with Crippen molar-refractivity contribution >= 4 is 27.7 Å². The van der Waals surface area contributed by atoms with Gasteiger partial charge < -0.3 is 4.74 Å². The van der Waals surface area contributed by atoms with E-state index in [0.717, 1.165) is 10.0 Å². The van der Waals surface area contributed by atoms with Gasteiger partial charge in [0.2, 0.25) is 5.91 Å². The highest BCUT2D eigenvalue weighted by atomic mass is 79.9. The molecule has 1 atom stereocenters. The van der Waals surface area contributed by atoms with Crippen LogP contribution in [-0.2, 0) is 9.59 Å². The van der Waals surface area contributed by atoms with Crippen molar-refractivity contribution in [3.05, 3.63) is 64.6 Å². The molecule has 126 valence electrons. The molecule has 0 aliphatic heterocycles. The summed E-state index contributed by atoms with van der Waals surface area (Å²) in [6, 6.07) is 16.9. The average molecular weight is 391 g/mol. The van der Waals surface area contributed by atoms with E-state index in [1.54, 1.807) is 12.1 Å². The molecule has 0 saturated carbocycles. The van der Waals surface area contributed by atoms with Gasteiger partial charge in [-0.15, -0.1) is 0 Å². The second-order valence-corrected chi connectivity index (χ2v) is 6.27. The fourth-order valence-corrected chi connectivity index (χ4v) is 2.35. The molecule has 24 heavy (non-hydrogen) atoms. The summed E-state index contributed by atoms with van der Waals surface area (Å²) >= 11 is 3.32. The lowest BCUT2D eigenvalue weighted by Crippen LogP contribution is -2.44. The highest BCUT2D eigenvalue weighted by molar-refractivity contribution is 9.10. The molecule has 0 heterocycles. The summed E-state index contributed by atoms with van der Waals surface area (Å²) in [6.45, 7) is 1.80. The molecule has 0 aromatic heterocycles. The van der Waals surface area contributed by atoms with Crippen LogP contribution in [0.15, 0.2) is 59.1 Å². The molecule has 1 unspecified atom stereocenters. The van der Waals surface area contributed by atoms with Crippen molar-refractivity contribution in [2.24, 2.45) is 0 Å². The first-order chi connectivity index (χ1) is 11.5. The van der Waals surface area contributed by atoms with Gasteiger partial charge >= 0.3 is 0 Å². The fraction of sp³-hybridized carbons (Fsp3) is 0.222. The van der Waals surface area contributed by atoms with Gasteiger partial charge in [-0.3, -0.25) is 20.4 Å². The zero-order chi connectivity index (χ0) is 17.4. The number of amides is 2. The van der Waals surface area contributed by atoms with E-state index in [0.29, 0.717) is 5.75 Å². The Bertz CT molecular complexity index is 674. The van der Waals surface area contributed by atoms with E-state index >= 15 is 0 Å². The third kappa shape index (κ3) is 6.04. The Labute approximate surface area is 149 Å². The second-order valence-electron chi connectivity index (χ2n) is 5.35. The van der Waals surface area contributed by atoms with E-state index in [9.17, 15) is 9.59 Å². The molecule has 0 bridgehead atoms. The molecule has 6 heteroatoms. The predicted octanol–water partition coefficient (Wildman–Crippen LogP) is 3.17. The van der Waals surface area contributed by atoms with Crippen molar-refractivity contribution in [2.75, 3.05) is 6.61 Å². The molecule has 0 fully saturated rings. The zero-order valence-electron chi connectivity index (χ0n) is 13.3. The maximum Gasteiger partial charge on any atom is 0.276 e. The van der Waals surface area contributed by atoms with Gasteiger partial charge in [-0.25, -0.2) is 0 Å². The monoisotopic (exact) mass is 390 g/mol. The lowest BCUT2D eigenvalue weighted by Gasteiger charge is -2.13. The van der Waals surface area contributed by atoms with Gasteiger partial charge in [0.05, 0.1) is 0 Å². The van der Waals surface area contributed by atoms with E-state index < -0.39 is 5.91 Å². The number of carbonyl (C=O) groups is 2. The number of ether oxygens (including phenoxy) is 1. The maximum atomic E-state index is 11.9.